The molecule has 3 saturated heterocycles. The quantitative estimate of drug-likeness (QED) is 0.133. The van der Waals surface area contributed by atoms with Gasteiger partial charge in [0.15, 0.2) is 5.78 Å². The number of aliphatic hydroxyl groups excluding tert-OH is 2. The summed E-state index contributed by atoms with van der Waals surface area (Å²) in [6.45, 7) is 12.7. The van der Waals surface area contributed by atoms with Gasteiger partial charge in [0.05, 0.1) is 40.5 Å². The van der Waals surface area contributed by atoms with E-state index in [1.54, 1.807) is 64.3 Å². The van der Waals surface area contributed by atoms with Crippen molar-refractivity contribution >= 4 is 58.1 Å². The number of piperidine rings is 1. The van der Waals surface area contributed by atoms with Crippen molar-refractivity contribution in [3.8, 4) is 0 Å². The number of halogens is 2. The maximum absolute atomic E-state index is 14.5. The predicted molar refractivity (Wildman–Crippen MR) is 284 cm³/mol. The third-order valence-electron chi connectivity index (χ3n) is 17.0. The largest absolute Gasteiger partial charge is 0.460 e. The number of aliphatic hydroxyl groups is 3. The Hall–Kier alpha value is -3.29. The third kappa shape index (κ3) is 14.5. The Balaban J connectivity index is 1.36. The van der Waals surface area contributed by atoms with E-state index in [0.717, 1.165) is 5.57 Å². The van der Waals surface area contributed by atoms with Crippen molar-refractivity contribution in [1.82, 2.24) is 4.90 Å². The summed E-state index contributed by atoms with van der Waals surface area (Å²) < 4.78 is 29.9. The number of allylic oxidation sites excluding steroid dienone is 1. The first-order valence-corrected chi connectivity index (χ1v) is 28.0. The fraction of sp³-hybridized carbons (Fsp3) is 0.737. The highest BCUT2D eigenvalue weighted by Gasteiger charge is 2.53. The Morgan fingerprint density at radius 2 is 1.53 bits per heavy atom. The number of Topliss-reactive ketones (excluding diaryl/α,β-unsaturated/α-hetero) is 3. The number of carbonyl (C=O) groups excluding carboxylic acids is 5. The van der Waals surface area contributed by atoms with Crippen LogP contribution in [-0.4, -0.2) is 144 Å². The summed E-state index contributed by atoms with van der Waals surface area (Å²) >= 11 is 13.7. The number of hydroxylamine groups is 1. The molecule has 75 heavy (non-hydrogen) atoms. The number of methoxy groups -OCH3 is 3. The summed E-state index contributed by atoms with van der Waals surface area (Å²) in [5.74, 6) is -8.64. The maximum Gasteiger partial charge on any atom is 0.329 e. The van der Waals surface area contributed by atoms with Crippen LogP contribution in [0.1, 0.15) is 138 Å². The molecule has 16 nitrogen and oxygen atoms in total. The molecule has 0 spiro atoms. The molecule has 3 N–H and O–H groups in total. The zero-order valence-electron chi connectivity index (χ0n) is 45.7. The van der Waals surface area contributed by atoms with Crippen LogP contribution in [0.25, 0.3) is 0 Å². The van der Waals surface area contributed by atoms with Crippen molar-refractivity contribution in [2.24, 2.45) is 35.5 Å². The van der Waals surface area contributed by atoms with Crippen LogP contribution in [0.5, 0.6) is 0 Å². The van der Waals surface area contributed by atoms with Crippen LogP contribution >= 0.6 is 23.2 Å². The van der Waals surface area contributed by atoms with Crippen LogP contribution in [0.4, 0.5) is 5.69 Å². The summed E-state index contributed by atoms with van der Waals surface area (Å²) in [6, 6.07) is 3.77. The van der Waals surface area contributed by atoms with Gasteiger partial charge in [-0.05, 0) is 132 Å². The number of amides is 1. The van der Waals surface area contributed by atoms with E-state index >= 15 is 0 Å². The number of hydrogen-bond donors (Lipinski definition) is 3. The highest BCUT2D eigenvalue weighted by Crippen LogP contribution is 2.43. The molecule has 1 saturated carbocycles. The van der Waals surface area contributed by atoms with Crippen molar-refractivity contribution in [3.05, 3.63) is 51.5 Å². The van der Waals surface area contributed by atoms with Crippen molar-refractivity contribution in [3.63, 3.8) is 0 Å². The van der Waals surface area contributed by atoms with Gasteiger partial charge >= 0.3 is 5.97 Å². The van der Waals surface area contributed by atoms with Gasteiger partial charge in [-0.15, -0.1) is 0 Å². The zero-order chi connectivity index (χ0) is 55.1. The van der Waals surface area contributed by atoms with Crippen molar-refractivity contribution in [2.75, 3.05) is 32.9 Å². The first-order valence-electron chi connectivity index (χ1n) is 27.3. The van der Waals surface area contributed by atoms with Crippen molar-refractivity contribution in [2.45, 2.75) is 205 Å². The Morgan fingerprint density at radius 1 is 0.827 bits per heavy atom. The van der Waals surface area contributed by atoms with E-state index in [9.17, 15) is 39.3 Å². The lowest BCUT2D eigenvalue weighted by atomic mass is 9.78. The van der Waals surface area contributed by atoms with E-state index in [4.69, 9.17) is 51.7 Å². The van der Waals surface area contributed by atoms with Crippen LogP contribution < -0.4 is 5.06 Å². The highest BCUT2D eigenvalue weighted by molar-refractivity contribution is 6.39. The minimum atomic E-state index is -2.49. The summed E-state index contributed by atoms with van der Waals surface area (Å²) in [5, 5.41) is 37.0. The third-order valence-corrected chi connectivity index (χ3v) is 17.6. The number of rotatable bonds is 7. The molecule has 420 valence electrons. The molecule has 1 aromatic rings. The lowest BCUT2D eigenvalue weighted by molar-refractivity contribution is -0.265. The van der Waals surface area contributed by atoms with E-state index in [2.05, 4.69) is 0 Å². The number of para-hydroxylation sites is 1. The number of fused-ring (bicyclic) bond motifs is 17. The van der Waals surface area contributed by atoms with Crippen LogP contribution in [0.2, 0.25) is 10.0 Å². The van der Waals surface area contributed by atoms with Crippen molar-refractivity contribution < 1.29 is 67.8 Å². The summed E-state index contributed by atoms with van der Waals surface area (Å²) in [6.07, 6.45) is 3.43. The average molecular weight is 1090 g/mol. The number of benzene rings is 1. The first kappa shape index (κ1) is 60.9. The molecular formula is C57H84Cl2N2O14. The normalized spacial score (nSPS) is 38.8. The van der Waals surface area contributed by atoms with Gasteiger partial charge in [-0.2, -0.15) is 0 Å². The lowest BCUT2D eigenvalue weighted by Gasteiger charge is -2.44. The molecule has 17 atom stereocenters. The highest BCUT2D eigenvalue weighted by atomic mass is 35.5. The Labute approximate surface area is 454 Å². The van der Waals surface area contributed by atoms with Gasteiger partial charge < -0.3 is 43.9 Å². The fourth-order valence-electron chi connectivity index (χ4n) is 12.2. The smallest absolute Gasteiger partial charge is 0.329 e. The molecule has 7 rings (SSSR count). The molecule has 5 aliphatic heterocycles. The standard InChI is InChI=1S/C57H84Cl2N2O14/c1-31-24-35(5)51(64)53(72-10)52(65)36(6)25-32(2)46(63)30-48(33(3)26-38-18-22-45(62)49(28-38)71-9)73-56(68)44-16-11-12-23-60(44)55(67)54(66)57(69)37(7)17-19-39(74-57)29-47(70-8)34(4)27-40-20-21-43(31)61(75-40)50-41(58)14-13-15-42(50)59/h13-15,25,27,31-33,35,37-40,43-45,47-49,52-53,62,65,69H,11-12,16-24,26,28-30H2,1-10H3/b34-27+,36-25+/t31-,32+,33+,35+,37+,38-,39-,40+,43-,44?,45+,47-,48+,49+,52+,53-,57+/m0/s1. The molecule has 0 aromatic heterocycles. The molecule has 4 bridgehead atoms. The minimum absolute atomic E-state index is 0.0616. The Kier molecular flexibility index (Phi) is 22.0. The summed E-state index contributed by atoms with van der Waals surface area (Å²) in [7, 11) is 4.50. The van der Waals surface area contributed by atoms with Crippen LogP contribution in [0, 0.1) is 35.5 Å². The van der Waals surface area contributed by atoms with Crippen LogP contribution in [0.15, 0.2) is 41.5 Å². The Morgan fingerprint density at radius 3 is 2.20 bits per heavy atom. The van der Waals surface area contributed by atoms with Gasteiger partial charge in [0.1, 0.15) is 41.9 Å². The van der Waals surface area contributed by atoms with Gasteiger partial charge in [0, 0.05) is 58.5 Å². The SMILES string of the molecule is CO[C@H]1C[C@@H]2CC[C@@H](C)[C@@](O)(O2)C(=O)C(=O)N2CCCCC2C(=O)O[C@@H]([C@H](C)C[C@@H]2CC[C@@H](O)[C@H](OC)C2)CC(=O)[C@H](C)/C=C(\C)[C@@H](O)[C@@H](OC)C(=O)[C@H](C)C[C@H](C)[C@@H]2CC[C@H](/C=C/1C)ON2c1c(Cl)cccc1Cl. The molecule has 1 unspecified atom stereocenters. The van der Waals surface area contributed by atoms with E-state index in [1.807, 2.05) is 33.8 Å². The molecular weight excluding hydrogens is 1010 g/mol. The van der Waals surface area contributed by atoms with Gasteiger partial charge in [0.2, 0.25) is 5.79 Å². The lowest BCUT2D eigenvalue weighted by Crippen LogP contribution is -2.61. The van der Waals surface area contributed by atoms with E-state index < -0.39 is 90.0 Å². The summed E-state index contributed by atoms with van der Waals surface area (Å²) in [4.78, 5) is 80.0. The van der Waals surface area contributed by atoms with E-state index in [0.29, 0.717) is 91.9 Å². The Bertz CT molecular complexity index is 2210. The predicted octanol–water partition coefficient (Wildman–Crippen LogP) is 8.34. The number of anilines is 1. The van der Waals surface area contributed by atoms with Gasteiger partial charge in [-0.3, -0.25) is 24.0 Å². The van der Waals surface area contributed by atoms with Crippen molar-refractivity contribution in [1.29, 1.82) is 0 Å². The monoisotopic (exact) mass is 1090 g/mol. The molecule has 1 amide bonds. The van der Waals surface area contributed by atoms with Crippen LogP contribution in [0.3, 0.4) is 0 Å². The maximum atomic E-state index is 14.5. The zero-order valence-corrected chi connectivity index (χ0v) is 47.2. The molecule has 5 heterocycles. The fourth-order valence-corrected chi connectivity index (χ4v) is 12.8. The number of carbonyl (C=O) groups is 5. The number of nitrogens with zero attached hydrogens (tertiary/aromatic N) is 2. The molecule has 1 aliphatic carbocycles. The number of esters is 1. The number of ether oxygens (including phenoxy) is 5. The molecule has 0 radical (unpaired) electrons. The molecule has 1 aromatic carbocycles. The summed E-state index contributed by atoms with van der Waals surface area (Å²) in [5.41, 5.74) is 1.64. The number of ketones is 3. The molecule has 6 aliphatic rings. The molecule has 4 fully saturated rings. The number of hydrogen-bond acceptors (Lipinski definition) is 15. The van der Waals surface area contributed by atoms with E-state index in [1.165, 1.54) is 12.0 Å². The van der Waals surface area contributed by atoms with E-state index in [-0.39, 0.29) is 67.3 Å². The average Bonchev–Trinajstić information content (AvgIpc) is 3.38. The van der Waals surface area contributed by atoms with Gasteiger partial charge in [-0.25, -0.2) is 9.86 Å². The van der Waals surface area contributed by atoms with Gasteiger partial charge in [-0.1, -0.05) is 76.0 Å². The van der Waals surface area contributed by atoms with Gasteiger partial charge in [0.25, 0.3) is 11.7 Å². The second kappa shape index (κ2) is 27.0. The first-order chi connectivity index (χ1) is 35.5. The van der Waals surface area contributed by atoms with Crippen LogP contribution in [-0.2, 0) is 52.5 Å². The minimum Gasteiger partial charge on any atom is -0.460 e. The second-order valence-corrected chi connectivity index (χ2v) is 23.3. The molecule has 18 heteroatoms. The second-order valence-electron chi connectivity index (χ2n) is 22.5. The topological polar surface area (TPSA) is 208 Å².